The second kappa shape index (κ2) is 8.09. The number of hydrogen-bond donors (Lipinski definition) is 1. The maximum Gasteiger partial charge on any atom is 0.360 e. The van der Waals surface area contributed by atoms with Crippen molar-refractivity contribution in [2.24, 2.45) is 0 Å². The normalized spacial score (nSPS) is 10.2. The number of anilines is 1. The number of fused-ring (bicyclic) bond motifs is 1. The maximum absolute atomic E-state index is 13.6. The summed E-state index contributed by atoms with van der Waals surface area (Å²) in [7, 11) is 0. The van der Waals surface area contributed by atoms with Crippen molar-refractivity contribution in [1.29, 1.82) is 0 Å². The van der Waals surface area contributed by atoms with E-state index in [0.717, 1.165) is 12.3 Å². The topological polar surface area (TPSA) is 94.8 Å². The van der Waals surface area contributed by atoms with Gasteiger partial charge in [-0.25, -0.2) is 18.8 Å². The van der Waals surface area contributed by atoms with Crippen molar-refractivity contribution >= 4 is 28.6 Å². The van der Waals surface area contributed by atoms with Crippen LogP contribution in [-0.4, -0.2) is 25.2 Å². The van der Waals surface area contributed by atoms with E-state index in [9.17, 15) is 18.8 Å². The monoisotopic (exact) mass is 349 g/mol. The molecular weight excluding hydrogens is 333 g/mol. The molecule has 0 amide bonds. The Morgan fingerprint density at radius 2 is 1.84 bits per heavy atom. The average molecular weight is 349 g/mol. The van der Waals surface area contributed by atoms with Gasteiger partial charge in [0.2, 0.25) is 0 Å². The molecule has 2 aromatic rings. The molecule has 0 aliphatic heterocycles. The average Bonchev–Trinajstić information content (AvgIpc) is 2.57. The molecule has 1 aromatic heterocycles. The molecule has 1 aromatic carbocycles. The molecule has 7 nitrogen and oxygen atoms in total. The quantitative estimate of drug-likeness (QED) is 0.281. The summed E-state index contributed by atoms with van der Waals surface area (Å²) in [5, 5.41) is 2.85. The number of halogens is 1. The molecule has 8 heteroatoms. The highest BCUT2D eigenvalue weighted by Gasteiger charge is 2.21. The largest absolute Gasteiger partial charge is 0.462 e. The third kappa shape index (κ3) is 4.23. The number of ether oxygens (including phenoxy) is 2. The van der Waals surface area contributed by atoms with E-state index in [1.165, 1.54) is 12.1 Å². The van der Waals surface area contributed by atoms with Gasteiger partial charge < -0.3 is 19.2 Å². The predicted octanol–water partition coefficient (Wildman–Crippen LogP) is 2.35. The number of nitrogens with one attached hydrogen (secondary N) is 1. The third-order valence-electron chi connectivity index (χ3n) is 3.07. The Labute approximate surface area is 142 Å². The maximum atomic E-state index is 13.6. The van der Waals surface area contributed by atoms with Crippen molar-refractivity contribution in [3.8, 4) is 0 Å². The molecule has 0 aliphatic rings. The minimum Gasteiger partial charge on any atom is -0.462 e. The number of para-hydroxylation sites is 1. The van der Waals surface area contributed by atoms with Gasteiger partial charge in [0.15, 0.2) is 17.0 Å². The lowest BCUT2D eigenvalue weighted by molar-refractivity contribution is -0.146. The number of esters is 2. The lowest BCUT2D eigenvalue weighted by Crippen LogP contribution is -2.20. The molecule has 0 spiro atoms. The summed E-state index contributed by atoms with van der Waals surface area (Å²) in [6, 6.07) is 5.51. The predicted molar refractivity (Wildman–Crippen MR) is 87.4 cm³/mol. The molecule has 1 heterocycles. The highest BCUT2D eigenvalue weighted by atomic mass is 19.1. The highest BCUT2D eigenvalue weighted by molar-refractivity contribution is 6.14. The third-order valence-corrected chi connectivity index (χ3v) is 3.07. The van der Waals surface area contributed by atoms with Gasteiger partial charge in [0.05, 0.1) is 13.2 Å². The van der Waals surface area contributed by atoms with Crippen LogP contribution in [-0.2, 0) is 19.1 Å². The Balaban J connectivity index is 2.38. The van der Waals surface area contributed by atoms with E-state index in [1.54, 1.807) is 19.9 Å². The van der Waals surface area contributed by atoms with Crippen LogP contribution in [0, 0.1) is 5.82 Å². The van der Waals surface area contributed by atoms with E-state index >= 15 is 0 Å². The van der Waals surface area contributed by atoms with Crippen molar-refractivity contribution in [2.75, 3.05) is 18.5 Å². The van der Waals surface area contributed by atoms with E-state index in [-0.39, 0.29) is 24.5 Å². The fourth-order valence-corrected chi connectivity index (χ4v) is 1.98. The lowest BCUT2D eigenvalue weighted by atomic mass is 10.2. The van der Waals surface area contributed by atoms with Gasteiger partial charge in [0, 0.05) is 11.6 Å². The van der Waals surface area contributed by atoms with E-state index in [1.807, 2.05) is 0 Å². The zero-order chi connectivity index (χ0) is 18.4. The SMILES string of the molecule is CCOC(=O)C(=CNc1cc2cccc(F)c2oc1=O)C(=O)OCC. The van der Waals surface area contributed by atoms with Crippen LogP contribution >= 0.6 is 0 Å². The zero-order valence-electron chi connectivity index (χ0n) is 13.6. The zero-order valence-corrected chi connectivity index (χ0v) is 13.6. The highest BCUT2D eigenvalue weighted by Crippen LogP contribution is 2.18. The molecule has 2 rings (SSSR count). The summed E-state index contributed by atoms with van der Waals surface area (Å²) in [5.41, 5.74) is -1.54. The molecule has 0 unspecified atom stereocenters. The van der Waals surface area contributed by atoms with Crippen LogP contribution in [0.4, 0.5) is 10.1 Å². The van der Waals surface area contributed by atoms with Crippen molar-refractivity contribution < 1.29 is 27.9 Å². The van der Waals surface area contributed by atoms with Gasteiger partial charge in [-0.2, -0.15) is 0 Å². The summed E-state index contributed by atoms with van der Waals surface area (Å²) < 4.78 is 28.1. The Bertz CT molecular complexity index is 866. The standard InChI is InChI=1S/C17H16FNO6/c1-3-23-15(20)11(16(21)24-4-2)9-19-13-8-10-6-5-7-12(18)14(10)25-17(13)22/h5-9,19H,3-4H2,1-2H3. The summed E-state index contributed by atoms with van der Waals surface area (Å²) >= 11 is 0. The lowest BCUT2D eigenvalue weighted by Gasteiger charge is -2.07. The van der Waals surface area contributed by atoms with Crippen LogP contribution in [0.25, 0.3) is 11.0 Å². The van der Waals surface area contributed by atoms with Crippen molar-refractivity contribution in [2.45, 2.75) is 13.8 Å². The second-order valence-corrected chi connectivity index (χ2v) is 4.75. The van der Waals surface area contributed by atoms with Crippen LogP contribution in [0.2, 0.25) is 0 Å². The second-order valence-electron chi connectivity index (χ2n) is 4.75. The summed E-state index contributed by atoms with van der Waals surface area (Å²) in [4.78, 5) is 35.6. The molecule has 0 radical (unpaired) electrons. The molecular formula is C17H16FNO6. The molecule has 0 atom stereocenters. The van der Waals surface area contributed by atoms with Crippen LogP contribution in [0.3, 0.4) is 0 Å². The Kier molecular flexibility index (Phi) is 5.89. The van der Waals surface area contributed by atoms with Gasteiger partial charge in [0.25, 0.3) is 0 Å². The minimum atomic E-state index is -0.898. The number of benzene rings is 1. The Morgan fingerprint density at radius 1 is 1.20 bits per heavy atom. The van der Waals surface area contributed by atoms with Crippen LogP contribution in [0.15, 0.2) is 45.3 Å². The minimum absolute atomic E-state index is 0.0625. The Morgan fingerprint density at radius 3 is 2.44 bits per heavy atom. The first-order chi connectivity index (χ1) is 12.0. The van der Waals surface area contributed by atoms with Gasteiger partial charge in [-0.05, 0) is 26.0 Å². The number of rotatable bonds is 6. The van der Waals surface area contributed by atoms with Gasteiger partial charge in [-0.15, -0.1) is 0 Å². The molecule has 0 aliphatic carbocycles. The van der Waals surface area contributed by atoms with E-state index in [4.69, 9.17) is 13.9 Å². The summed E-state index contributed by atoms with van der Waals surface area (Å²) in [6.45, 7) is 3.29. The first kappa shape index (κ1) is 18.2. The van der Waals surface area contributed by atoms with Gasteiger partial charge in [0.1, 0.15) is 5.69 Å². The molecule has 1 N–H and O–H groups in total. The summed E-state index contributed by atoms with van der Waals surface area (Å²) in [6.07, 6.45) is 0.993. The summed E-state index contributed by atoms with van der Waals surface area (Å²) in [5.74, 6) is -2.47. The van der Waals surface area contributed by atoms with E-state index < -0.39 is 29.0 Å². The van der Waals surface area contributed by atoms with Crippen molar-refractivity contribution in [3.05, 3.63) is 52.3 Å². The van der Waals surface area contributed by atoms with E-state index in [0.29, 0.717) is 5.39 Å². The van der Waals surface area contributed by atoms with E-state index in [2.05, 4.69) is 5.32 Å². The number of carbonyl (C=O) groups is 2. The Hall–Kier alpha value is -3.16. The molecule has 0 saturated heterocycles. The molecule has 0 bridgehead atoms. The fourth-order valence-electron chi connectivity index (χ4n) is 1.98. The van der Waals surface area contributed by atoms with Crippen molar-refractivity contribution in [1.82, 2.24) is 0 Å². The molecule has 0 fully saturated rings. The molecule has 132 valence electrons. The first-order valence-corrected chi connectivity index (χ1v) is 7.51. The number of hydrogen-bond acceptors (Lipinski definition) is 7. The molecule has 25 heavy (non-hydrogen) atoms. The first-order valence-electron chi connectivity index (χ1n) is 7.51. The van der Waals surface area contributed by atoms with Crippen LogP contribution in [0.1, 0.15) is 13.8 Å². The number of carbonyl (C=O) groups excluding carboxylic acids is 2. The van der Waals surface area contributed by atoms with Gasteiger partial charge in [-0.1, -0.05) is 12.1 Å². The molecule has 0 saturated carbocycles. The fraction of sp³-hybridized carbons (Fsp3) is 0.235. The van der Waals surface area contributed by atoms with Gasteiger partial charge >= 0.3 is 17.6 Å². The smallest absolute Gasteiger partial charge is 0.360 e. The van der Waals surface area contributed by atoms with Crippen LogP contribution < -0.4 is 10.9 Å². The van der Waals surface area contributed by atoms with Crippen molar-refractivity contribution in [3.63, 3.8) is 0 Å². The van der Waals surface area contributed by atoms with Gasteiger partial charge in [-0.3, -0.25) is 0 Å². The van der Waals surface area contributed by atoms with Crippen LogP contribution in [0.5, 0.6) is 0 Å².